The molecule has 1 aliphatic rings. The van der Waals surface area contributed by atoms with Crippen LogP contribution in [0.1, 0.15) is 24.0 Å². The second-order valence-electron chi connectivity index (χ2n) is 5.25. The lowest BCUT2D eigenvalue weighted by Crippen LogP contribution is -2.23. The monoisotopic (exact) mass is 301 g/mol. The summed E-state index contributed by atoms with van der Waals surface area (Å²) >= 11 is 0. The fourth-order valence-electron chi connectivity index (χ4n) is 2.68. The Balaban J connectivity index is 2.27. The lowest BCUT2D eigenvalue weighted by Gasteiger charge is -2.21. The van der Waals surface area contributed by atoms with Gasteiger partial charge in [-0.25, -0.2) is 0 Å². The molecule has 4 N–H and O–H groups in total. The minimum Gasteiger partial charge on any atom is -0.396 e. The van der Waals surface area contributed by atoms with Crippen LogP contribution in [0.25, 0.3) is 0 Å². The Morgan fingerprint density at radius 2 is 2.14 bits per heavy atom. The second kappa shape index (κ2) is 5.93. The number of benzene rings is 1. The van der Waals surface area contributed by atoms with Crippen molar-refractivity contribution < 1.29 is 18.3 Å². The van der Waals surface area contributed by atoms with Crippen LogP contribution in [-0.2, 0) is 6.18 Å². The third-order valence-corrected chi connectivity index (χ3v) is 3.79. The molecule has 7 heteroatoms. The van der Waals surface area contributed by atoms with Crippen LogP contribution in [0.2, 0.25) is 0 Å². The number of nitrogens with zero attached hydrogens (tertiary/aromatic N) is 1. The summed E-state index contributed by atoms with van der Waals surface area (Å²) < 4.78 is 38.7. The molecule has 1 fully saturated rings. The van der Waals surface area contributed by atoms with E-state index in [1.165, 1.54) is 12.1 Å². The molecule has 1 aromatic carbocycles. The summed E-state index contributed by atoms with van der Waals surface area (Å²) in [6.45, 7) is 1.54. The van der Waals surface area contributed by atoms with Crippen molar-refractivity contribution in [1.82, 2.24) is 0 Å². The molecule has 1 unspecified atom stereocenters. The molecule has 1 aromatic rings. The number of nitrogen functional groups attached to an aromatic ring is 1. The lowest BCUT2D eigenvalue weighted by molar-refractivity contribution is -0.137. The molecule has 21 heavy (non-hydrogen) atoms. The largest absolute Gasteiger partial charge is 0.417 e. The third kappa shape index (κ3) is 3.47. The van der Waals surface area contributed by atoms with E-state index < -0.39 is 17.6 Å². The highest BCUT2D eigenvalue weighted by Crippen LogP contribution is 2.35. The first-order valence-electron chi connectivity index (χ1n) is 6.74. The predicted molar refractivity (Wildman–Crippen MR) is 74.5 cm³/mol. The molecule has 0 bridgehead atoms. The van der Waals surface area contributed by atoms with Gasteiger partial charge in [-0.2, -0.15) is 13.2 Å². The number of anilines is 1. The van der Waals surface area contributed by atoms with E-state index in [0.717, 1.165) is 19.0 Å². The zero-order chi connectivity index (χ0) is 15.6. The van der Waals surface area contributed by atoms with Crippen LogP contribution in [0.3, 0.4) is 0 Å². The van der Waals surface area contributed by atoms with Gasteiger partial charge in [0.1, 0.15) is 5.84 Å². The maximum atomic E-state index is 12.9. The fraction of sp³-hybridized carbons (Fsp3) is 0.500. The summed E-state index contributed by atoms with van der Waals surface area (Å²) in [5, 5.41) is 16.3. The summed E-state index contributed by atoms with van der Waals surface area (Å²) in [6.07, 6.45) is -2.93. The van der Waals surface area contributed by atoms with Gasteiger partial charge < -0.3 is 15.7 Å². The van der Waals surface area contributed by atoms with Gasteiger partial charge in [0.15, 0.2) is 0 Å². The molecule has 1 atom stereocenters. The van der Waals surface area contributed by atoms with E-state index in [1.54, 1.807) is 0 Å². The number of hydrogen-bond acceptors (Lipinski definition) is 3. The van der Waals surface area contributed by atoms with Crippen molar-refractivity contribution in [1.29, 1.82) is 5.41 Å². The van der Waals surface area contributed by atoms with Crippen molar-refractivity contribution in [3.8, 4) is 0 Å². The summed E-state index contributed by atoms with van der Waals surface area (Å²) in [7, 11) is 0. The van der Waals surface area contributed by atoms with Gasteiger partial charge in [-0.1, -0.05) is 0 Å². The van der Waals surface area contributed by atoms with Crippen LogP contribution in [-0.4, -0.2) is 30.6 Å². The summed E-state index contributed by atoms with van der Waals surface area (Å²) in [4.78, 5) is 1.97. The molecule has 116 valence electrons. The maximum Gasteiger partial charge on any atom is 0.417 e. The van der Waals surface area contributed by atoms with Crippen molar-refractivity contribution in [3.05, 3.63) is 29.3 Å². The molecular weight excluding hydrogens is 283 g/mol. The van der Waals surface area contributed by atoms with Gasteiger partial charge in [0.05, 0.1) is 5.56 Å². The molecule has 0 saturated carbocycles. The van der Waals surface area contributed by atoms with Gasteiger partial charge in [-0.15, -0.1) is 0 Å². The molecule has 2 rings (SSSR count). The van der Waals surface area contributed by atoms with Gasteiger partial charge in [0.2, 0.25) is 0 Å². The second-order valence-corrected chi connectivity index (χ2v) is 5.25. The number of nitrogens with two attached hydrogens (primary N) is 1. The Kier molecular flexibility index (Phi) is 4.41. The first kappa shape index (κ1) is 15.6. The van der Waals surface area contributed by atoms with E-state index >= 15 is 0 Å². The summed E-state index contributed by atoms with van der Waals surface area (Å²) in [5.41, 5.74) is 4.75. The topological polar surface area (TPSA) is 73.3 Å². The van der Waals surface area contributed by atoms with Crippen molar-refractivity contribution >= 4 is 11.5 Å². The molecule has 1 heterocycles. The third-order valence-electron chi connectivity index (χ3n) is 3.79. The number of aliphatic hydroxyl groups excluding tert-OH is 1. The number of hydrogen-bond donors (Lipinski definition) is 3. The SMILES string of the molecule is N=C(N)c1cc(N2CCC(CCO)C2)ccc1C(F)(F)F. The standard InChI is InChI=1S/C14H18F3N3O/c15-14(16,17)12-2-1-10(7-11(12)13(18)19)20-5-3-9(8-20)4-6-21/h1-2,7,9,21H,3-6,8H2,(H3,18,19). The highest BCUT2D eigenvalue weighted by Gasteiger charge is 2.34. The Morgan fingerprint density at radius 1 is 1.43 bits per heavy atom. The van der Waals surface area contributed by atoms with Crippen molar-refractivity contribution in [3.63, 3.8) is 0 Å². The number of aliphatic hydroxyl groups is 1. The first-order valence-corrected chi connectivity index (χ1v) is 6.74. The number of alkyl halides is 3. The molecule has 0 aromatic heterocycles. The van der Waals surface area contributed by atoms with Gasteiger partial charge in [-0.3, -0.25) is 5.41 Å². The fourth-order valence-corrected chi connectivity index (χ4v) is 2.68. The van der Waals surface area contributed by atoms with E-state index in [9.17, 15) is 13.2 Å². The van der Waals surface area contributed by atoms with E-state index in [-0.39, 0.29) is 12.2 Å². The number of rotatable bonds is 4. The minimum atomic E-state index is -4.52. The molecule has 1 aliphatic heterocycles. The average molecular weight is 301 g/mol. The van der Waals surface area contributed by atoms with Crippen LogP contribution in [0.5, 0.6) is 0 Å². The first-order chi connectivity index (χ1) is 9.82. The van der Waals surface area contributed by atoms with Crippen LogP contribution >= 0.6 is 0 Å². The smallest absolute Gasteiger partial charge is 0.396 e. The maximum absolute atomic E-state index is 12.9. The molecule has 1 saturated heterocycles. The van der Waals surface area contributed by atoms with Gasteiger partial charge in [-0.05, 0) is 37.0 Å². The summed E-state index contributed by atoms with van der Waals surface area (Å²) in [6, 6.07) is 3.72. The van der Waals surface area contributed by atoms with Crippen molar-refractivity contribution in [2.24, 2.45) is 11.7 Å². The zero-order valence-corrected chi connectivity index (χ0v) is 11.5. The van der Waals surface area contributed by atoms with Gasteiger partial charge >= 0.3 is 6.18 Å². The van der Waals surface area contributed by atoms with E-state index in [2.05, 4.69) is 0 Å². The Bertz CT molecular complexity index is 531. The summed E-state index contributed by atoms with van der Waals surface area (Å²) in [5.74, 6) is -0.242. The van der Waals surface area contributed by atoms with E-state index in [0.29, 0.717) is 24.6 Å². The average Bonchev–Trinajstić information content (AvgIpc) is 2.86. The number of nitrogens with one attached hydrogen (secondary N) is 1. The predicted octanol–water partition coefficient (Wildman–Crippen LogP) is 2.20. The highest BCUT2D eigenvalue weighted by molar-refractivity contribution is 5.97. The lowest BCUT2D eigenvalue weighted by atomic mass is 10.0. The van der Waals surface area contributed by atoms with Crippen LogP contribution < -0.4 is 10.6 Å². The molecular formula is C14H18F3N3O. The normalized spacial score (nSPS) is 19.0. The number of amidine groups is 1. The van der Waals surface area contributed by atoms with Crippen LogP contribution in [0, 0.1) is 11.3 Å². The Labute approximate surface area is 120 Å². The quantitative estimate of drug-likeness (QED) is 0.589. The van der Waals surface area contributed by atoms with Crippen LogP contribution in [0.4, 0.5) is 18.9 Å². The van der Waals surface area contributed by atoms with Crippen molar-refractivity contribution in [2.45, 2.75) is 19.0 Å². The molecule has 0 spiro atoms. The molecule has 0 aliphatic carbocycles. The number of halogens is 3. The van der Waals surface area contributed by atoms with Crippen LogP contribution in [0.15, 0.2) is 18.2 Å². The Morgan fingerprint density at radius 3 is 2.71 bits per heavy atom. The Hall–Kier alpha value is -1.76. The zero-order valence-electron chi connectivity index (χ0n) is 11.5. The van der Waals surface area contributed by atoms with E-state index in [4.69, 9.17) is 16.2 Å². The van der Waals surface area contributed by atoms with E-state index in [1.807, 2.05) is 4.90 Å². The minimum absolute atomic E-state index is 0.115. The van der Waals surface area contributed by atoms with Gasteiger partial charge in [0, 0.05) is 30.9 Å². The molecule has 0 radical (unpaired) electrons. The van der Waals surface area contributed by atoms with Crippen molar-refractivity contribution in [2.75, 3.05) is 24.6 Å². The van der Waals surface area contributed by atoms with Gasteiger partial charge in [0.25, 0.3) is 0 Å². The molecule has 0 amide bonds. The highest BCUT2D eigenvalue weighted by atomic mass is 19.4. The molecule has 4 nitrogen and oxygen atoms in total.